The van der Waals surface area contributed by atoms with E-state index in [4.69, 9.17) is 4.74 Å². The summed E-state index contributed by atoms with van der Waals surface area (Å²) in [4.78, 5) is 20.0. The molecule has 0 unspecified atom stereocenters. The minimum Gasteiger partial charge on any atom is -0.383 e. The van der Waals surface area contributed by atoms with Crippen molar-refractivity contribution in [3.05, 3.63) is 73.1 Å². The summed E-state index contributed by atoms with van der Waals surface area (Å²) in [6.45, 7) is 7.60. The molecule has 0 spiro atoms. The number of nitrogens with one attached hydrogen (secondary N) is 2. The molecule has 1 aliphatic heterocycles. The van der Waals surface area contributed by atoms with Crippen LogP contribution in [0.15, 0.2) is 61.4 Å². The van der Waals surface area contributed by atoms with Crippen LogP contribution in [0.25, 0.3) is 16.8 Å². The Bertz CT molecular complexity index is 1500. The molecule has 202 valence electrons. The molecule has 0 saturated carbocycles. The van der Waals surface area contributed by atoms with Crippen molar-refractivity contribution in [2.75, 3.05) is 62.0 Å². The van der Waals surface area contributed by atoms with Crippen molar-refractivity contribution >= 4 is 34.3 Å². The molecular formula is C27H28F2N8O2. The summed E-state index contributed by atoms with van der Waals surface area (Å²) in [5.74, 6) is -1.93. The van der Waals surface area contributed by atoms with Gasteiger partial charge >= 0.3 is 0 Å². The summed E-state index contributed by atoms with van der Waals surface area (Å²) < 4.78 is 36.8. The normalized spacial score (nSPS) is 14.0. The van der Waals surface area contributed by atoms with E-state index in [1.807, 2.05) is 11.0 Å². The number of hydrogen-bond acceptors (Lipinski definition) is 8. The number of amides is 1. The fourth-order valence-electron chi connectivity index (χ4n) is 4.47. The Kier molecular flexibility index (Phi) is 7.75. The maximum absolute atomic E-state index is 15.1. The van der Waals surface area contributed by atoms with Gasteiger partial charge in [-0.1, -0.05) is 23.9 Å². The van der Waals surface area contributed by atoms with E-state index < -0.39 is 11.6 Å². The molecule has 1 aliphatic rings. The van der Waals surface area contributed by atoms with E-state index in [0.29, 0.717) is 48.0 Å². The third-order valence-corrected chi connectivity index (χ3v) is 6.55. The first kappa shape index (κ1) is 26.2. The highest BCUT2D eigenvalue weighted by Crippen LogP contribution is 2.31. The number of halogens is 2. The molecule has 1 saturated heterocycles. The molecule has 0 bridgehead atoms. The molecule has 1 amide bonds. The number of piperazine rings is 1. The van der Waals surface area contributed by atoms with Crippen molar-refractivity contribution in [3.8, 4) is 11.3 Å². The molecule has 2 aromatic heterocycles. The summed E-state index contributed by atoms with van der Waals surface area (Å²) >= 11 is 0. The SMILES string of the molecule is C=CC(=O)Nc1cccc(-c2nnn3cnc(Nc4ccc(N5CCN(CCOC)CC5)c(F)c4F)cc23)c1. The number of fused-ring (bicyclic) bond motifs is 1. The van der Waals surface area contributed by atoms with Crippen LogP contribution >= 0.6 is 0 Å². The Morgan fingerprint density at radius 2 is 1.95 bits per heavy atom. The lowest BCUT2D eigenvalue weighted by Gasteiger charge is -2.36. The van der Waals surface area contributed by atoms with Gasteiger partial charge in [0.15, 0.2) is 11.6 Å². The lowest BCUT2D eigenvalue weighted by Crippen LogP contribution is -2.47. The van der Waals surface area contributed by atoms with Gasteiger partial charge in [-0.3, -0.25) is 9.69 Å². The summed E-state index contributed by atoms with van der Waals surface area (Å²) in [5, 5.41) is 13.9. The van der Waals surface area contributed by atoms with Gasteiger partial charge in [0, 0.05) is 57.2 Å². The smallest absolute Gasteiger partial charge is 0.247 e. The molecule has 2 N–H and O–H groups in total. The van der Waals surface area contributed by atoms with Crippen molar-refractivity contribution in [3.63, 3.8) is 0 Å². The van der Waals surface area contributed by atoms with Gasteiger partial charge in [0.05, 0.1) is 23.5 Å². The van der Waals surface area contributed by atoms with Crippen LogP contribution < -0.4 is 15.5 Å². The Labute approximate surface area is 223 Å². The third-order valence-electron chi connectivity index (χ3n) is 6.55. The fraction of sp³-hybridized carbons (Fsp3) is 0.259. The molecule has 5 rings (SSSR count). The first-order chi connectivity index (χ1) is 19.0. The maximum atomic E-state index is 15.1. The molecule has 12 heteroatoms. The summed E-state index contributed by atoms with van der Waals surface area (Å²) in [6.07, 6.45) is 2.62. The van der Waals surface area contributed by atoms with Crippen LogP contribution in [0.4, 0.5) is 31.7 Å². The van der Waals surface area contributed by atoms with E-state index in [0.717, 1.165) is 19.6 Å². The molecule has 0 radical (unpaired) electrons. The van der Waals surface area contributed by atoms with Crippen LogP contribution in [0.5, 0.6) is 0 Å². The van der Waals surface area contributed by atoms with Crippen molar-refractivity contribution < 1.29 is 18.3 Å². The first-order valence-corrected chi connectivity index (χ1v) is 12.4. The average molecular weight is 535 g/mol. The van der Waals surface area contributed by atoms with Gasteiger partial charge in [-0.25, -0.2) is 18.3 Å². The Morgan fingerprint density at radius 1 is 1.13 bits per heavy atom. The van der Waals surface area contributed by atoms with Crippen LogP contribution in [-0.2, 0) is 9.53 Å². The lowest BCUT2D eigenvalue weighted by atomic mass is 10.1. The second kappa shape index (κ2) is 11.5. The number of benzene rings is 2. The van der Waals surface area contributed by atoms with Crippen LogP contribution in [0.3, 0.4) is 0 Å². The zero-order valence-electron chi connectivity index (χ0n) is 21.4. The van der Waals surface area contributed by atoms with E-state index in [2.05, 4.69) is 37.4 Å². The number of ether oxygens (including phenoxy) is 1. The van der Waals surface area contributed by atoms with Gasteiger partial charge in [-0.05, 0) is 30.3 Å². The fourth-order valence-corrected chi connectivity index (χ4v) is 4.47. The second-order valence-electron chi connectivity index (χ2n) is 9.02. The number of rotatable bonds is 9. The molecule has 4 aromatic rings. The van der Waals surface area contributed by atoms with E-state index in [1.165, 1.54) is 23.0 Å². The highest BCUT2D eigenvalue weighted by atomic mass is 19.2. The number of carbonyl (C=O) groups is 1. The summed E-state index contributed by atoms with van der Waals surface area (Å²) in [7, 11) is 1.66. The van der Waals surface area contributed by atoms with Gasteiger partial charge in [0.25, 0.3) is 0 Å². The van der Waals surface area contributed by atoms with Crippen molar-refractivity contribution in [1.82, 2.24) is 24.7 Å². The summed E-state index contributed by atoms with van der Waals surface area (Å²) in [5.41, 5.74) is 2.59. The zero-order valence-corrected chi connectivity index (χ0v) is 21.4. The van der Waals surface area contributed by atoms with Gasteiger partial charge in [-0.15, -0.1) is 5.10 Å². The number of carbonyl (C=O) groups excluding carboxylic acids is 1. The van der Waals surface area contributed by atoms with Crippen LogP contribution in [-0.4, -0.2) is 77.1 Å². The molecule has 2 aromatic carbocycles. The monoisotopic (exact) mass is 534 g/mol. The molecule has 0 aliphatic carbocycles. The molecule has 1 fully saturated rings. The van der Waals surface area contributed by atoms with E-state index in [-0.39, 0.29) is 17.3 Å². The molecule has 0 atom stereocenters. The van der Waals surface area contributed by atoms with E-state index in [9.17, 15) is 4.79 Å². The molecule has 10 nitrogen and oxygen atoms in total. The first-order valence-electron chi connectivity index (χ1n) is 12.4. The predicted octanol–water partition coefficient (Wildman–Crippen LogP) is 3.71. The van der Waals surface area contributed by atoms with Crippen LogP contribution in [0.1, 0.15) is 0 Å². The van der Waals surface area contributed by atoms with E-state index >= 15 is 8.78 Å². The third kappa shape index (κ3) is 5.71. The Hall–Kier alpha value is -4.42. The highest BCUT2D eigenvalue weighted by molar-refractivity contribution is 5.99. The largest absolute Gasteiger partial charge is 0.383 e. The predicted molar refractivity (Wildman–Crippen MR) is 145 cm³/mol. The second-order valence-corrected chi connectivity index (χ2v) is 9.02. The number of methoxy groups -OCH3 is 1. The number of nitrogens with zero attached hydrogens (tertiary/aromatic N) is 6. The Balaban J connectivity index is 1.35. The minimum atomic E-state index is -0.978. The average Bonchev–Trinajstić information content (AvgIpc) is 3.38. The quantitative estimate of drug-likeness (QED) is 0.314. The Morgan fingerprint density at radius 3 is 2.72 bits per heavy atom. The topological polar surface area (TPSA) is 99.9 Å². The van der Waals surface area contributed by atoms with Gasteiger partial charge < -0.3 is 20.3 Å². The van der Waals surface area contributed by atoms with Crippen molar-refractivity contribution in [1.29, 1.82) is 0 Å². The lowest BCUT2D eigenvalue weighted by molar-refractivity contribution is -0.111. The number of aromatic nitrogens is 4. The number of anilines is 4. The zero-order chi connectivity index (χ0) is 27.4. The molecular weight excluding hydrogens is 506 g/mol. The van der Waals surface area contributed by atoms with Crippen LogP contribution in [0, 0.1) is 11.6 Å². The summed E-state index contributed by atoms with van der Waals surface area (Å²) in [6, 6.07) is 11.8. The minimum absolute atomic E-state index is 0.0324. The van der Waals surface area contributed by atoms with Crippen molar-refractivity contribution in [2.45, 2.75) is 0 Å². The number of hydrogen-bond donors (Lipinski definition) is 2. The maximum Gasteiger partial charge on any atom is 0.247 e. The molecule has 3 heterocycles. The molecule has 39 heavy (non-hydrogen) atoms. The standard InChI is InChI=1S/C27H28F2N8O2/c1-3-24(38)31-19-6-4-5-18(15-19)27-22-16-23(30-17-37(22)34-33-27)32-20-7-8-21(26(29)25(20)28)36-11-9-35(10-12-36)13-14-39-2/h3-8,15-17,32H,1,9-14H2,2H3,(H,31,38). The van der Waals surface area contributed by atoms with Gasteiger partial charge in [-0.2, -0.15) is 0 Å². The van der Waals surface area contributed by atoms with Crippen molar-refractivity contribution in [2.24, 2.45) is 0 Å². The van der Waals surface area contributed by atoms with E-state index in [1.54, 1.807) is 37.4 Å². The van der Waals surface area contributed by atoms with Gasteiger partial charge in [0.2, 0.25) is 5.91 Å². The van der Waals surface area contributed by atoms with Crippen LogP contribution in [0.2, 0.25) is 0 Å². The van der Waals surface area contributed by atoms with Gasteiger partial charge in [0.1, 0.15) is 17.8 Å². The highest BCUT2D eigenvalue weighted by Gasteiger charge is 2.23.